The van der Waals surface area contributed by atoms with Crippen LogP contribution in [0, 0.1) is 5.92 Å². The predicted molar refractivity (Wildman–Crippen MR) is 66.8 cm³/mol. The van der Waals surface area contributed by atoms with Gasteiger partial charge in [0.1, 0.15) is 0 Å². The average molecular weight is 255 g/mol. The van der Waals surface area contributed by atoms with Gasteiger partial charge in [-0.1, -0.05) is 25.6 Å². The Kier molecular flexibility index (Phi) is 5.21. The number of aromatic amines is 1. The minimum Gasteiger partial charge on any atom is -0.345 e. The van der Waals surface area contributed by atoms with Crippen molar-refractivity contribution in [3.63, 3.8) is 0 Å². The smallest absolute Gasteiger partial charge is 0.231 e. The average Bonchev–Trinajstić information content (AvgIpc) is 2.74. The minimum absolute atomic E-state index is 0.0173. The Hall–Kier alpha value is -1.30. The number of amides is 1. The number of aromatic nitrogens is 2. The molecule has 0 bridgehead atoms. The van der Waals surface area contributed by atoms with E-state index in [-0.39, 0.29) is 23.4 Å². The van der Waals surface area contributed by atoms with Crippen molar-refractivity contribution < 1.29 is 9.59 Å². The zero-order chi connectivity index (χ0) is 12.8. The van der Waals surface area contributed by atoms with Crippen LogP contribution >= 0.6 is 11.8 Å². The van der Waals surface area contributed by atoms with E-state index in [9.17, 15) is 9.59 Å². The summed E-state index contributed by atoms with van der Waals surface area (Å²) in [6.45, 7) is 5.31. The summed E-state index contributed by atoms with van der Waals surface area (Å²) in [7, 11) is 0. The van der Waals surface area contributed by atoms with Gasteiger partial charge in [0.15, 0.2) is 10.9 Å². The third-order valence-corrected chi connectivity index (χ3v) is 3.14. The number of rotatable bonds is 6. The lowest BCUT2D eigenvalue weighted by molar-refractivity contribution is -0.126. The van der Waals surface area contributed by atoms with E-state index in [2.05, 4.69) is 15.3 Å². The quantitative estimate of drug-likeness (QED) is 0.750. The molecule has 1 aromatic heterocycles. The van der Waals surface area contributed by atoms with Crippen LogP contribution in [0.15, 0.2) is 17.6 Å². The zero-order valence-corrected chi connectivity index (χ0v) is 11.0. The van der Waals surface area contributed by atoms with E-state index in [1.54, 1.807) is 12.4 Å². The van der Waals surface area contributed by atoms with E-state index in [1.165, 1.54) is 18.7 Å². The van der Waals surface area contributed by atoms with Crippen LogP contribution in [0.25, 0.3) is 0 Å². The van der Waals surface area contributed by atoms with Gasteiger partial charge in [-0.2, -0.15) is 0 Å². The number of carbonyl (C=O) groups is 2. The van der Waals surface area contributed by atoms with Crippen LogP contribution in [-0.2, 0) is 9.59 Å². The van der Waals surface area contributed by atoms with Crippen LogP contribution in [0.4, 0.5) is 0 Å². The van der Waals surface area contributed by atoms with E-state index >= 15 is 0 Å². The maximum atomic E-state index is 11.6. The number of nitrogens with zero attached hydrogens (tertiary/aromatic N) is 1. The summed E-state index contributed by atoms with van der Waals surface area (Å²) < 4.78 is 0. The molecule has 0 aliphatic carbocycles. The molecule has 1 rings (SSSR count). The van der Waals surface area contributed by atoms with Gasteiger partial charge in [0.25, 0.3) is 0 Å². The molecule has 17 heavy (non-hydrogen) atoms. The molecule has 0 saturated carbocycles. The summed E-state index contributed by atoms with van der Waals surface area (Å²) in [5.74, 6) is 0.186. The fourth-order valence-electron chi connectivity index (χ4n) is 1.42. The van der Waals surface area contributed by atoms with Gasteiger partial charge in [0.2, 0.25) is 5.91 Å². The lowest BCUT2D eigenvalue weighted by Gasteiger charge is -2.19. The lowest BCUT2D eigenvalue weighted by atomic mass is 10.0. The van der Waals surface area contributed by atoms with Crippen molar-refractivity contribution >= 4 is 23.5 Å². The second kappa shape index (κ2) is 6.44. The van der Waals surface area contributed by atoms with E-state index in [1.807, 2.05) is 13.8 Å². The van der Waals surface area contributed by atoms with Crippen LogP contribution in [0.1, 0.15) is 20.8 Å². The van der Waals surface area contributed by atoms with Crippen LogP contribution in [0.3, 0.4) is 0 Å². The summed E-state index contributed by atoms with van der Waals surface area (Å²) in [5.41, 5.74) is 0. The first-order valence-corrected chi connectivity index (χ1v) is 6.41. The molecule has 0 fully saturated rings. The van der Waals surface area contributed by atoms with Crippen LogP contribution < -0.4 is 5.32 Å². The number of nitrogens with one attached hydrogen (secondary N) is 2. The van der Waals surface area contributed by atoms with Crippen molar-refractivity contribution in [3.05, 3.63) is 12.4 Å². The van der Waals surface area contributed by atoms with Crippen LogP contribution in [0.5, 0.6) is 0 Å². The van der Waals surface area contributed by atoms with Crippen molar-refractivity contribution in [1.82, 2.24) is 15.3 Å². The maximum Gasteiger partial charge on any atom is 0.231 e. The Morgan fingerprint density at radius 1 is 1.53 bits per heavy atom. The van der Waals surface area contributed by atoms with Gasteiger partial charge in [-0.3, -0.25) is 9.59 Å². The normalized spacial score (nSPS) is 12.5. The molecule has 2 N–H and O–H groups in total. The molecular formula is C11H17N3O2S. The summed E-state index contributed by atoms with van der Waals surface area (Å²) in [5, 5.41) is 3.43. The SMILES string of the molecule is CC(=O)C(NC(=O)CSc1ncc[nH]1)C(C)C. The largest absolute Gasteiger partial charge is 0.345 e. The Morgan fingerprint density at radius 2 is 2.24 bits per heavy atom. The molecule has 0 spiro atoms. The number of thioether (sulfide) groups is 1. The van der Waals surface area contributed by atoms with Gasteiger partial charge in [0.05, 0.1) is 11.8 Å². The first-order chi connectivity index (χ1) is 8.00. The Morgan fingerprint density at radius 3 is 2.71 bits per heavy atom. The molecule has 6 heteroatoms. The number of Topliss-reactive ketones (excluding diaryl/α,β-unsaturated/α-hetero) is 1. The Bertz CT molecular complexity index is 376. The molecule has 1 atom stereocenters. The molecule has 0 aliphatic rings. The standard InChI is InChI=1S/C11H17N3O2S/c1-7(2)10(8(3)15)14-9(16)6-17-11-12-4-5-13-11/h4-5,7,10H,6H2,1-3H3,(H,12,13)(H,14,16). The molecule has 1 aromatic rings. The molecule has 1 unspecified atom stereocenters. The first-order valence-electron chi connectivity index (χ1n) is 5.42. The van der Waals surface area contributed by atoms with Crippen LogP contribution in [0.2, 0.25) is 0 Å². The second-order valence-electron chi connectivity index (χ2n) is 4.08. The van der Waals surface area contributed by atoms with Gasteiger partial charge in [-0.25, -0.2) is 4.98 Å². The highest BCUT2D eigenvalue weighted by atomic mass is 32.2. The van der Waals surface area contributed by atoms with Gasteiger partial charge in [-0.05, 0) is 12.8 Å². The first kappa shape index (κ1) is 13.8. The Labute approximate surface area is 105 Å². The maximum absolute atomic E-state index is 11.6. The van der Waals surface area contributed by atoms with E-state index < -0.39 is 6.04 Å². The van der Waals surface area contributed by atoms with Crippen LogP contribution in [-0.4, -0.2) is 33.5 Å². The molecular weight excluding hydrogens is 238 g/mol. The molecule has 5 nitrogen and oxygen atoms in total. The number of imidazole rings is 1. The molecule has 0 saturated heterocycles. The van der Waals surface area contributed by atoms with Gasteiger partial charge >= 0.3 is 0 Å². The van der Waals surface area contributed by atoms with Gasteiger partial charge in [-0.15, -0.1) is 0 Å². The topological polar surface area (TPSA) is 74.8 Å². The fraction of sp³-hybridized carbons (Fsp3) is 0.545. The summed E-state index contributed by atoms with van der Waals surface area (Å²) in [6.07, 6.45) is 3.33. The van der Waals surface area contributed by atoms with Gasteiger partial charge < -0.3 is 10.3 Å². The molecule has 1 heterocycles. The third kappa shape index (κ3) is 4.60. The van der Waals surface area contributed by atoms with Crippen molar-refractivity contribution in [3.8, 4) is 0 Å². The molecule has 0 aliphatic heterocycles. The van der Waals surface area contributed by atoms with Crippen molar-refractivity contribution in [1.29, 1.82) is 0 Å². The number of H-pyrrole nitrogens is 1. The molecule has 94 valence electrons. The summed E-state index contributed by atoms with van der Waals surface area (Å²) in [6, 6.07) is -0.403. The highest BCUT2D eigenvalue weighted by Gasteiger charge is 2.20. The van der Waals surface area contributed by atoms with E-state index in [4.69, 9.17) is 0 Å². The fourth-order valence-corrected chi connectivity index (χ4v) is 2.05. The third-order valence-electron chi connectivity index (χ3n) is 2.23. The number of hydrogen-bond acceptors (Lipinski definition) is 4. The Balaban J connectivity index is 2.40. The number of ketones is 1. The predicted octanol–water partition coefficient (Wildman–Crippen LogP) is 1.23. The zero-order valence-electron chi connectivity index (χ0n) is 10.2. The summed E-state index contributed by atoms with van der Waals surface area (Å²) in [4.78, 5) is 29.8. The second-order valence-corrected chi connectivity index (χ2v) is 5.05. The minimum atomic E-state index is -0.403. The summed E-state index contributed by atoms with van der Waals surface area (Å²) >= 11 is 1.31. The highest BCUT2D eigenvalue weighted by Crippen LogP contribution is 2.11. The molecule has 0 radical (unpaired) electrons. The lowest BCUT2D eigenvalue weighted by Crippen LogP contribution is -2.44. The van der Waals surface area contributed by atoms with Gasteiger partial charge in [0, 0.05) is 12.4 Å². The monoisotopic (exact) mass is 255 g/mol. The molecule has 1 amide bonds. The number of carbonyl (C=O) groups excluding carboxylic acids is 2. The highest BCUT2D eigenvalue weighted by molar-refractivity contribution is 7.99. The van der Waals surface area contributed by atoms with E-state index in [0.717, 1.165) is 0 Å². The van der Waals surface area contributed by atoms with Crippen molar-refractivity contribution in [2.24, 2.45) is 5.92 Å². The van der Waals surface area contributed by atoms with Crippen molar-refractivity contribution in [2.45, 2.75) is 32.0 Å². The van der Waals surface area contributed by atoms with Crippen molar-refractivity contribution in [2.75, 3.05) is 5.75 Å². The van der Waals surface area contributed by atoms with E-state index in [0.29, 0.717) is 5.16 Å². The number of hydrogen-bond donors (Lipinski definition) is 2. The molecule has 0 aromatic carbocycles.